The summed E-state index contributed by atoms with van der Waals surface area (Å²) in [5.74, 6) is 0. The predicted octanol–water partition coefficient (Wildman–Crippen LogP) is 15.5. The number of aromatic nitrogens is 1. The van der Waals surface area contributed by atoms with Crippen molar-refractivity contribution in [2.75, 3.05) is 0 Å². The quantitative estimate of drug-likeness (QED) is 0.161. The van der Waals surface area contributed by atoms with E-state index in [-0.39, 0.29) is 0 Å². The van der Waals surface area contributed by atoms with Gasteiger partial charge in [0.25, 0.3) is 0 Å². The van der Waals surface area contributed by atoms with Crippen molar-refractivity contribution in [2.45, 2.75) is 0 Å². The summed E-state index contributed by atoms with van der Waals surface area (Å²) in [5.41, 5.74) is 15.7. The minimum Gasteiger partial charge on any atom is -0.309 e. The molecule has 2 heterocycles. The van der Waals surface area contributed by atoms with E-state index in [1.807, 2.05) is 11.3 Å². The molecule has 11 aromatic rings. The number of nitrogens with zero attached hydrogens (tertiary/aromatic N) is 1. The van der Waals surface area contributed by atoms with Crippen LogP contribution in [0.3, 0.4) is 0 Å². The molecule has 0 spiro atoms. The zero-order valence-electron chi connectivity index (χ0n) is 30.6. The van der Waals surface area contributed by atoms with Gasteiger partial charge in [-0.2, -0.15) is 0 Å². The Bertz CT molecular complexity index is 3210. The van der Waals surface area contributed by atoms with Gasteiger partial charge in [0, 0.05) is 53.3 Å². The molecule has 0 atom stereocenters. The molecular formula is C54H35NS. The number of benzene rings is 9. The van der Waals surface area contributed by atoms with Crippen molar-refractivity contribution in [3.8, 4) is 61.3 Å². The molecular weight excluding hydrogens is 695 g/mol. The molecule has 0 fully saturated rings. The van der Waals surface area contributed by atoms with Crippen LogP contribution in [0.5, 0.6) is 0 Å². The van der Waals surface area contributed by atoms with Gasteiger partial charge >= 0.3 is 0 Å². The lowest BCUT2D eigenvalue weighted by atomic mass is 9.80. The van der Waals surface area contributed by atoms with Crippen LogP contribution in [-0.4, -0.2) is 4.57 Å². The molecule has 56 heavy (non-hydrogen) atoms. The molecule has 0 aliphatic heterocycles. The van der Waals surface area contributed by atoms with Crippen LogP contribution in [0.4, 0.5) is 0 Å². The van der Waals surface area contributed by atoms with Crippen LogP contribution in [0.15, 0.2) is 212 Å². The van der Waals surface area contributed by atoms with E-state index in [9.17, 15) is 0 Å². The summed E-state index contributed by atoms with van der Waals surface area (Å²) >= 11 is 1.88. The fourth-order valence-electron chi connectivity index (χ4n) is 8.84. The van der Waals surface area contributed by atoms with Crippen LogP contribution in [0, 0.1) is 0 Å². The van der Waals surface area contributed by atoms with E-state index in [2.05, 4.69) is 217 Å². The van der Waals surface area contributed by atoms with Gasteiger partial charge in [0.1, 0.15) is 0 Å². The SMILES string of the molecule is c1ccc(-c2c(-c3ccccc3)c(-c3ccccc3)c3c(c2-c2ccccc2)c2ccccc2n3-c2cccc(-c3cccc4c3sc3ccccc34)c2)cc1. The molecule has 0 saturated heterocycles. The third-order valence-corrected chi connectivity index (χ3v) is 12.4. The molecule has 2 aromatic heterocycles. The fraction of sp³-hybridized carbons (Fsp3) is 0. The Labute approximate surface area is 330 Å². The summed E-state index contributed by atoms with van der Waals surface area (Å²) in [6.07, 6.45) is 0. The zero-order chi connectivity index (χ0) is 37.0. The average molecular weight is 730 g/mol. The van der Waals surface area contributed by atoms with Crippen LogP contribution in [0.1, 0.15) is 0 Å². The number of rotatable bonds is 6. The van der Waals surface area contributed by atoms with Gasteiger partial charge < -0.3 is 4.57 Å². The topological polar surface area (TPSA) is 4.93 Å². The summed E-state index contributed by atoms with van der Waals surface area (Å²) in [6, 6.07) is 77.7. The van der Waals surface area contributed by atoms with Gasteiger partial charge in [-0.25, -0.2) is 0 Å². The van der Waals surface area contributed by atoms with Crippen molar-refractivity contribution in [3.63, 3.8) is 0 Å². The fourth-order valence-corrected chi connectivity index (χ4v) is 10.1. The second kappa shape index (κ2) is 13.4. The van der Waals surface area contributed by atoms with Crippen molar-refractivity contribution in [1.29, 1.82) is 0 Å². The molecule has 0 amide bonds. The molecule has 0 radical (unpaired) electrons. The minimum absolute atomic E-state index is 1.13. The van der Waals surface area contributed by atoms with E-state index in [4.69, 9.17) is 0 Å². The van der Waals surface area contributed by atoms with Gasteiger partial charge in [-0.3, -0.25) is 0 Å². The molecule has 1 nitrogen and oxygen atoms in total. The first-order chi connectivity index (χ1) is 27.8. The molecule has 0 saturated carbocycles. The number of thiophene rings is 1. The largest absolute Gasteiger partial charge is 0.309 e. The Kier molecular flexibility index (Phi) is 7.75. The second-order valence-corrected chi connectivity index (χ2v) is 15.4. The van der Waals surface area contributed by atoms with Crippen LogP contribution in [-0.2, 0) is 0 Å². The smallest absolute Gasteiger partial charge is 0.0632 e. The van der Waals surface area contributed by atoms with Gasteiger partial charge in [-0.05, 0) is 63.2 Å². The highest BCUT2D eigenvalue weighted by Gasteiger charge is 2.29. The Hall–Kier alpha value is -7.00. The van der Waals surface area contributed by atoms with Gasteiger partial charge in [0.2, 0.25) is 0 Å². The first kappa shape index (κ1) is 32.4. The third-order valence-electron chi connectivity index (χ3n) is 11.2. The first-order valence-electron chi connectivity index (χ1n) is 19.2. The van der Waals surface area contributed by atoms with E-state index in [1.165, 1.54) is 97.6 Å². The Morgan fingerprint density at radius 2 is 0.821 bits per heavy atom. The lowest BCUT2D eigenvalue weighted by Crippen LogP contribution is -2.01. The van der Waals surface area contributed by atoms with E-state index in [0.29, 0.717) is 0 Å². The maximum absolute atomic E-state index is 2.54. The van der Waals surface area contributed by atoms with E-state index in [0.717, 1.165) is 5.69 Å². The Balaban J connectivity index is 1.34. The lowest BCUT2D eigenvalue weighted by Gasteiger charge is -2.24. The molecule has 11 rings (SSSR count). The minimum atomic E-state index is 1.13. The molecule has 0 aliphatic carbocycles. The molecule has 2 heteroatoms. The van der Waals surface area contributed by atoms with E-state index in [1.54, 1.807) is 0 Å². The number of para-hydroxylation sites is 1. The number of hydrogen-bond acceptors (Lipinski definition) is 1. The van der Waals surface area contributed by atoms with E-state index >= 15 is 0 Å². The van der Waals surface area contributed by atoms with Crippen molar-refractivity contribution in [1.82, 2.24) is 4.57 Å². The molecule has 0 bridgehead atoms. The van der Waals surface area contributed by atoms with Crippen LogP contribution in [0.2, 0.25) is 0 Å². The molecule has 9 aromatic carbocycles. The van der Waals surface area contributed by atoms with Crippen molar-refractivity contribution < 1.29 is 0 Å². The first-order valence-corrected chi connectivity index (χ1v) is 20.0. The van der Waals surface area contributed by atoms with Gasteiger partial charge in [-0.15, -0.1) is 11.3 Å². The van der Waals surface area contributed by atoms with Crippen molar-refractivity contribution >= 4 is 53.3 Å². The van der Waals surface area contributed by atoms with Gasteiger partial charge in [0.15, 0.2) is 0 Å². The summed E-state index contributed by atoms with van der Waals surface area (Å²) in [5, 5.41) is 5.11. The van der Waals surface area contributed by atoms with Gasteiger partial charge in [-0.1, -0.05) is 188 Å². The highest BCUT2D eigenvalue weighted by molar-refractivity contribution is 7.26. The van der Waals surface area contributed by atoms with E-state index < -0.39 is 0 Å². The molecule has 0 unspecified atom stereocenters. The molecule has 0 N–H and O–H groups in total. The summed E-state index contributed by atoms with van der Waals surface area (Å²) in [4.78, 5) is 0. The predicted molar refractivity (Wildman–Crippen MR) is 241 cm³/mol. The highest BCUT2D eigenvalue weighted by atomic mass is 32.1. The maximum Gasteiger partial charge on any atom is 0.0632 e. The summed E-state index contributed by atoms with van der Waals surface area (Å²) < 4.78 is 5.18. The normalized spacial score (nSPS) is 11.6. The monoisotopic (exact) mass is 729 g/mol. The second-order valence-electron chi connectivity index (χ2n) is 14.4. The standard InChI is InChI=1S/C54H35NS/c1-5-19-36(20-6-1)48-49(37-21-7-2-8-22-37)51(39-25-11-4-12-26-39)53-52(50(48)38-23-9-3-10-24-38)45-30-13-15-33-46(45)55(53)41-28-17-27-40(35-41)42-31-18-32-44-43-29-14-16-34-47(43)56-54(42)44/h1-35H. The number of fused-ring (bicyclic) bond motifs is 6. The lowest BCUT2D eigenvalue weighted by molar-refractivity contribution is 1.18. The summed E-state index contributed by atoms with van der Waals surface area (Å²) in [6.45, 7) is 0. The van der Waals surface area contributed by atoms with Crippen molar-refractivity contribution in [3.05, 3.63) is 212 Å². The van der Waals surface area contributed by atoms with Crippen LogP contribution < -0.4 is 0 Å². The van der Waals surface area contributed by atoms with Crippen LogP contribution in [0.25, 0.3) is 103 Å². The molecule has 0 aliphatic rings. The third kappa shape index (κ3) is 5.15. The highest BCUT2D eigenvalue weighted by Crippen LogP contribution is 2.54. The number of hydrogen-bond donors (Lipinski definition) is 0. The zero-order valence-corrected chi connectivity index (χ0v) is 31.4. The summed E-state index contributed by atoms with van der Waals surface area (Å²) in [7, 11) is 0. The van der Waals surface area contributed by atoms with Crippen LogP contribution >= 0.6 is 11.3 Å². The van der Waals surface area contributed by atoms with Gasteiger partial charge in [0.05, 0.1) is 11.0 Å². The molecule has 262 valence electrons. The Morgan fingerprint density at radius 1 is 0.339 bits per heavy atom. The maximum atomic E-state index is 2.54. The Morgan fingerprint density at radius 3 is 1.48 bits per heavy atom. The average Bonchev–Trinajstić information content (AvgIpc) is 3.83. The van der Waals surface area contributed by atoms with Crippen molar-refractivity contribution in [2.24, 2.45) is 0 Å².